The van der Waals surface area contributed by atoms with Gasteiger partial charge < -0.3 is 5.73 Å². The van der Waals surface area contributed by atoms with Gasteiger partial charge in [0.1, 0.15) is 5.01 Å². The van der Waals surface area contributed by atoms with E-state index in [0.29, 0.717) is 23.0 Å². The van der Waals surface area contributed by atoms with Crippen LogP contribution < -0.4 is 5.73 Å². The van der Waals surface area contributed by atoms with Gasteiger partial charge in [-0.05, 0) is 12.3 Å². The van der Waals surface area contributed by atoms with Crippen LogP contribution >= 0.6 is 34.9 Å². The third kappa shape index (κ3) is 3.44. The van der Waals surface area contributed by atoms with E-state index in [4.69, 9.17) is 10.7 Å². The fourth-order valence-electron chi connectivity index (χ4n) is 2.13. The molecule has 1 aromatic rings. The Morgan fingerprint density at radius 1 is 1.33 bits per heavy atom. The van der Waals surface area contributed by atoms with Crippen molar-refractivity contribution in [3.05, 3.63) is 15.6 Å². The Morgan fingerprint density at radius 2 is 2.06 bits per heavy atom. The quantitative estimate of drug-likeness (QED) is 0.920. The third-order valence-corrected chi connectivity index (χ3v) is 7.46. The van der Waals surface area contributed by atoms with E-state index in [0.717, 1.165) is 6.42 Å². The molecule has 0 amide bonds. The van der Waals surface area contributed by atoms with Gasteiger partial charge in [-0.25, -0.2) is 4.98 Å². The first-order valence-corrected chi connectivity index (χ1v) is 9.45. The van der Waals surface area contributed by atoms with Crippen LogP contribution in [0.15, 0.2) is 0 Å². The molecule has 102 valence electrons. The van der Waals surface area contributed by atoms with Crippen molar-refractivity contribution in [1.82, 2.24) is 4.98 Å². The maximum absolute atomic E-state index is 5.86. The zero-order valence-corrected chi connectivity index (χ0v) is 13.8. The highest BCUT2D eigenvalue weighted by Gasteiger charge is 2.27. The van der Waals surface area contributed by atoms with Gasteiger partial charge >= 0.3 is 0 Å². The molecule has 18 heavy (non-hydrogen) atoms. The second-order valence-corrected chi connectivity index (χ2v) is 8.94. The number of thioether (sulfide) groups is 2. The summed E-state index contributed by atoms with van der Waals surface area (Å²) in [6, 6.07) is 0. The van der Waals surface area contributed by atoms with Crippen molar-refractivity contribution in [3.63, 3.8) is 0 Å². The summed E-state index contributed by atoms with van der Waals surface area (Å²) in [6.07, 6.45) is 1.06. The molecule has 0 spiro atoms. The van der Waals surface area contributed by atoms with Gasteiger partial charge in [-0.3, -0.25) is 0 Å². The normalized spacial score (nSPS) is 24.7. The van der Waals surface area contributed by atoms with E-state index in [1.165, 1.54) is 27.1 Å². The first kappa shape index (κ1) is 14.7. The average Bonchev–Trinajstić information content (AvgIpc) is 2.71. The number of nitrogens with two attached hydrogens (primary N) is 1. The minimum atomic E-state index is 0.569. The third-order valence-electron chi connectivity index (χ3n) is 3.01. The first-order valence-electron chi connectivity index (χ1n) is 6.53. The average molecular weight is 303 g/mol. The Labute approximate surface area is 123 Å². The van der Waals surface area contributed by atoms with Crippen LogP contribution in [-0.2, 0) is 13.0 Å². The highest BCUT2D eigenvalue weighted by atomic mass is 32.2. The minimum absolute atomic E-state index is 0.569. The Hall–Kier alpha value is 0.290. The van der Waals surface area contributed by atoms with E-state index in [-0.39, 0.29) is 0 Å². The summed E-state index contributed by atoms with van der Waals surface area (Å²) in [5, 5.41) is 2.54. The maximum atomic E-state index is 5.86. The molecular formula is C13H22N2S3. The van der Waals surface area contributed by atoms with Gasteiger partial charge in [0.05, 0.1) is 10.9 Å². The summed E-state index contributed by atoms with van der Waals surface area (Å²) >= 11 is 5.98. The molecule has 2 atom stereocenters. The highest BCUT2D eigenvalue weighted by molar-refractivity contribution is 8.06. The second kappa shape index (κ2) is 6.64. The number of thiazole rings is 1. The van der Waals surface area contributed by atoms with E-state index in [1.54, 1.807) is 0 Å². The fraction of sp³-hybridized carbons (Fsp3) is 0.769. The van der Waals surface area contributed by atoms with E-state index >= 15 is 0 Å². The fourth-order valence-corrected chi connectivity index (χ4v) is 6.26. The molecule has 1 aliphatic heterocycles. The smallest absolute Gasteiger partial charge is 0.107 e. The summed E-state index contributed by atoms with van der Waals surface area (Å²) in [4.78, 5) is 6.19. The maximum Gasteiger partial charge on any atom is 0.107 e. The molecular weight excluding hydrogens is 280 g/mol. The van der Waals surface area contributed by atoms with Crippen molar-refractivity contribution in [2.45, 2.75) is 44.2 Å². The van der Waals surface area contributed by atoms with Crippen LogP contribution in [0.3, 0.4) is 0 Å². The van der Waals surface area contributed by atoms with Crippen LogP contribution in [-0.4, -0.2) is 21.7 Å². The predicted octanol–water partition coefficient (Wildman–Crippen LogP) is 3.71. The molecule has 2 heterocycles. The molecule has 2 rings (SSSR count). The molecule has 0 aliphatic carbocycles. The molecule has 1 fully saturated rings. The van der Waals surface area contributed by atoms with E-state index < -0.39 is 0 Å². The number of hydrogen-bond donors (Lipinski definition) is 1. The SMILES string of the molecule is CC(C)Cc1nc(C2SCCSC2C)sc1CN. The van der Waals surface area contributed by atoms with Gasteiger partial charge in [0.2, 0.25) is 0 Å². The monoisotopic (exact) mass is 302 g/mol. The summed E-state index contributed by atoms with van der Waals surface area (Å²) in [6.45, 7) is 7.45. The van der Waals surface area contributed by atoms with Crippen molar-refractivity contribution in [2.24, 2.45) is 11.7 Å². The van der Waals surface area contributed by atoms with Gasteiger partial charge in [-0.1, -0.05) is 20.8 Å². The lowest BCUT2D eigenvalue weighted by Crippen LogP contribution is -2.15. The Kier molecular flexibility index (Phi) is 5.42. The summed E-state index contributed by atoms with van der Waals surface area (Å²) in [7, 11) is 0. The van der Waals surface area contributed by atoms with Crippen molar-refractivity contribution < 1.29 is 0 Å². The lowest BCUT2D eigenvalue weighted by Gasteiger charge is -2.25. The second-order valence-electron chi connectivity index (χ2n) is 5.09. The lowest BCUT2D eigenvalue weighted by molar-refractivity contribution is 0.631. The predicted molar refractivity (Wildman–Crippen MR) is 85.7 cm³/mol. The van der Waals surface area contributed by atoms with Crippen molar-refractivity contribution in [3.8, 4) is 0 Å². The lowest BCUT2D eigenvalue weighted by atomic mass is 10.1. The summed E-state index contributed by atoms with van der Waals surface area (Å²) in [5.41, 5.74) is 7.11. The molecule has 2 N–H and O–H groups in total. The molecule has 2 nitrogen and oxygen atoms in total. The number of hydrogen-bond acceptors (Lipinski definition) is 5. The van der Waals surface area contributed by atoms with Gasteiger partial charge in [-0.15, -0.1) is 23.1 Å². The van der Waals surface area contributed by atoms with Crippen LogP contribution in [0.2, 0.25) is 0 Å². The molecule has 2 unspecified atom stereocenters. The van der Waals surface area contributed by atoms with Crippen LogP contribution in [0, 0.1) is 5.92 Å². The van der Waals surface area contributed by atoms with Gasteiger partial charge in [0.25, 0.3) is 0 Å². The molecule has 5 heteroatoms. The molecule has 0 saturated carbocycles. The van der Waals surface area contributed by atoms with Gasteiger partial charge in [0, 0.05) is 28.2 Å². The Bertz CT molecular complexity index is 390. The topological polar surface area (TPSA) is 38.9 Å². The molecule has 1 aromatic heterocycles. The molecule has 0 aromatic carbocycles. The summed E-state index contributed by atoms with van der Waals surface area (Å²) < 4.78 is 0. The minimum Gasteiger partial charge on any atom is -0.326 e. The van der Waals surface area contributed by atoms with Crippen LogP contribution in [0.1, 0.15) is 41.6 Å². The zero-order valence-electron chi connectivity index (χ0n) is 11.3. The molecule has 1 aliphatic rings. The number of aromatic nitrogens is 1. The van der Waals surface area contributed by atoms with Gasteiger partial charge in [-0.2, -0.15) is 11.8 Å². The van der Waals surface area contributed by atoms with E-state index in [1.807, 2.05) is 11.3 Å². The van der Waals surface area contributed by atoms with Crippen LogP contribution in [0.25, 0.3) is 0 Å². The Morgan fingerprint density at radius 3 is 2.67 bits per heavy atom. The highest BCUT2D eigenvalue weighted by Crippen LogP contribution is 2.44. The van der Waals surface area contributed by atoms with Crippen molar-refractivity contribution >= 4 is 34.9 Å². The largest absolute Gasteiger partial charge is 0.326 e. The van der Waals surface area contributed by atoms with Gasteiger partial charge in [0.15, 0.2) is 0 Å². The van der Waals surface area contributed by atoms with Crippen LogP contribution in [0.4, 0.5) is 0 Å². The summed E-state index contributed by atoms with van der Waals surface area (Å²) in [5.74, 6) is 3.17. The van der Waals surface area contributed by atoms with E-state index in [9.17, 15) is 0 Å². The van der Waals surface area contributed by atoms with E-state index in [2.05, 4.69) is 44.3 Å². The van der Waals surface area contributed by atoms with Crippen molar-refractivity contribution in [2.75, 3.05) is 11.5 Å². The Balaban J connectivity index is 2.20. The molecule has 1 saturated heterocycles. The molecule has 0 radical (unpaired) electrons. The standard InChI is InChI=1S/C13H22N2S3/c1-8(2)6-10-11(7-14)18-13(15-10)12-9(3)16-4-5-17-12/h8-9,12H,4-7,14H2,1-3H3. The first-order chi connectivity index (χ1) is 8.61. The van der Waals surface area contributed by atoms with Crippen LogP contribution in [0.5, 0.6) is 0 Å². The van der Waals surface area contributed by atoms with Crippen molar-refractivity contribution in [1.29, 1.82) is 0 Å². The molecule has 0 bridgehead atoms. The number of nitrogens with zero attached hydrogens (tertiary/aromatic N) is 1. The number of rotatable bonds is 4. The zero-order chi connectivity index (χ0) is 13.1.